The molecule has 2 amide bonds. The molecule has 2 unspecified atom stereocenters. The van der Waals surface area contributed by atoms with E-state index in [-0.39, 0.29) is 23.4 Å². The fraction of sp³-hybridized carbons (Fsp3) is 0.167. The maximum atomic E-state index is 13.6. The van der Waals surface area contributed by atoms with Crippen LogP contribution in [-0.2, 0) is 4.79 Å². The van der Waals surface area contributed by atoms with Crippen molar-refractivity contribution in [2.45, 2.75) is 12.8 Å². The number of quaternary nitrogens is 1. The molecule has 1 aliphatic rings. The first-order valence-electron chi connectivity index (χ1n) is 10.4. The Morgan fingerprint density at radius 1 is 1.21 bits per heavy atom. The number of fused-ring (bicyclic) bond motifs is 4. The molecule has 0 aliphatic carbocycles. The van der Waals surface area contributed by atoms with E-state index in [1.165, 1.54) is 6.92 Å². The molecular formula is C24H21ClN4O4. The van der Waals surface area contributed by atoms with Gasteiger partial charge >= 0.3 is 0 Å². The van der Waals surface area contributed by atoms with Crippen LogP contribution in [0.1, 0.15) is 28.9 Å². The molecule has 2 heterocycles. The molecule has 4 N–H and O–H groups in total. The molecule has 0 fully saturated rings. The second-order valence-electron chi connectivity index (χ2n) is 8.14. The van der Waals surface area contributed by atoms with Crippen LogP contribution >= 0.6 is 11.6 Å². The van der Waals surface area contributed by atoms with Gasteiger partial charge in [0, 0.05) is 53.3 Å². The molecule has 1 aliphatic heterocycles. The monoisotopic (exact) mass is 464 g/mol. The van der Waals surface area contributed by atoms with Crippen molar-refractivity contribution in [1.82, 2.24) is 4.98 Å². The SMILES string of the molecule is CC(=O)Nc1ccc2[nH]c(C(=O)N3CC(CCl)c4c3cc([NH+]([O-])O)c3ccccc43)cc2c1. The Kier molecular flexibility index (Phi) is 5.30. The molecule has 168 valence electrons. The summed E-state index contributed by atoms with van der Waals surface area (Å²) in [4.78, 5) is 29.6. The summed E-state index contributed by atoms with van der Waals surface area (Å²) in [5.41, 5.74) is 3.37. The number of carbonyl (C=O) groups excluding carboxylic acids is 2. The quantitative estimate of drug-likeness (QED) is 0.272. The van der Waals surface area contributed by atoms with Gasteiger partial charge in [0.1, 0.15) is 5.69 Å². The summed E-state index contributed by atoms with van der Waals surface area (Å²) < 4.78 is 0. The summed E-state index contributed by atoms with van der Waals surface area (Å²) >= 11 is 6.28. The van der Waals surface area contributed by atoms with E-state index in [1.807, 2.05) is 12.1 Å². The first-order chi connectivity index (χ1) is 15.9. The number of benzene rings is 3. The van der Waals surface area contributed by atoms with Crippen molar-refractivity contribution >= 4 is 62.2 Å². The predicted octanol–water partition coefficient (Wildman–Crippen LogP) is 3.67. The smallest absolute Gasteiger partial charge is 0.274 e. The maximum Gasteiger partial charge on any atom is 0.274 e. The number of amides is 2. The van der Waals surface area contributed by atoms with Gasteiger partial charge in [0.05, 0.1) is 5.69 Å². The lowest BCUT2D eigenvalue weighted by atomic mass is 9.95. The average molecular weight is 465 g/mol. The van der Waals surface area contributed by atoms with Crippen LogP contribution in [0, 0.1) is 5.21 Å². The molecule has 0 saturated heterocycles. The van der Waals surface area contributed by atoms with Gasteiger partial charge in [-0.25, -0.2) is 5.21 Å². The van der Waals surface area contributed by atoms with Crippen molar-refractivity contribution in [3.05, 3.63) is 71.1 Å². The Bertz CT molecular complexity index is 1410. The minimum atomic E-state index is -1.05. The zero-order chi connectivity index (χ0) is 23.3. The molecule has 5 rings (SSSR count). The first kappa shape index (κ1) is 21.4. The second-order valence-corrected chi connectivity index (χ2v) is 8.45. The van der Waals surface area contributed by atoms with Gasteiger partial charge in [0.2, 0.25) is 5.91 Å². The van der Waals surface area contributed by atoms with Gasteiger partial charge < -0.3 is 20.4 Å². The standard InChI is InChI=1S/C24H21ClN4O4/c1-13(30)26-16-6-7-19-14(8-16)9-20(27-19)24(31)28-12-15(11-25)23-18-5-3-2-4-17(18)21(29(32)33)10-22(23)28/h2-10,15,27,29,32H,11-12H2,1H3,(H,26,30). The first-order valence-corrected chi connectivity index (χ1v) is 11.0. The number of aromatic nitrogens is 1. The summed E-state index contributed by atoms with van der Waals surface area (Å²) in [6.07, 6.45) is 0. The van der Waals surface area contributed by atoms with Crippen molar-refractivity contribution in [3.8, 4) is 0 Å². The molecular weight excluding hydrogens is 444 g/mol. The molecule has 9 heteroatoms. The van der Waals surface area contributed by atoms with E-state index < -0.39 is 5.23 Å². The normalized spacial score (nSPS) is 16.2. The van der Waals surface area contributed by atoms with E-state index >= 15 is 0 Å². The van der Waals surface area contributed by atoms with Crippen LogP contribution in [0.5, 0.6) is 0 Å². The molecule has 0 spiro atoms. The number of carbonyl (C=O) groups is 2. The summed E-state index contributed by atoms with van der Waals surface area (Å²) in [5, 5.41) is 25.7. The number of nitrogens with one attached hydrogen (secondary N) is 3. The topological polar surface area (TPSA) is 113 Å². The predicted molar refractivity (Wildman–Crippen MR) is 127 cm³/mol. The Labute approximate surface area is 193 Å². The summed E-state index contributed by atoms with van der Waals surface area (Å²) in [6, 6.07) is 16.0. The molecule has 2 atom stereocenters. The van der Waals surface area contributed by atoms with E-state index in [4.69, 9.17) is 11.6 Å². The fourth-order valence-corrected chi connectivity index (χ4v) is 4.87. The maximum absolute atomic E-state index is 13.6. The van der Waals surface area contributed by atoms with Gasteiger partial charge in [-0.15, -0.1) is 11.6 Å². The van der Waals surface area contributed by atoms with Crippen molar-refractivity contribution < 1.29 is 20.0 Å². The number of rotatable bonds is 4. The lowest BCUT2D eigenvalue weighted by Gasteiger charge is -2.20. The zero-order valence-electron chi connectivity index (χ0n) is 17.7. The number of hydrogen-bond acceptors (Lipinski definition) is 4. The number of halogens is 1. The van der Waals surface area contributed by atoms with Crippen LogP contribution < -0.4 is 15.4 Å². The van der Waals surface area contributed by atoms with E-state index in [2.05, 4.69) is 10.3 Å². The molecule has 4 aromatic rings. The van der Waals surface area contributed by atoms with Crippen LogP contribution in [0.25, 0.3) is 21.7 Å². The summed E-state index contributed by atoms with van der Waals surface area (Å²) in [7, 11) is 0. The molecule has 0 radical (unpaired) electrons. The number of alkyl halides is 1. The summed E-state index contributed by atoms with van der Waals surface area (Å²) in [6.45, 7) is 1.79. The highest BCUT2D eigenvalue weighted by Gasteiger charge is 2.36. The number of aromatic amines is 1. The average Bonchev–Trinajstić information content (AvgIpc) is 3.38. The largest absolute Gasteiger partial charge is 0.595 e. The number of H-pyrrole nitrogens is 1. The van der Waals surface area contributed by atoms with Gasteiger partial charge in [-0.05, 0) is 41.3 Å². The molecule has 0 saturated carbocycles. The van der Waals surface area contributed by atoms with Crippen LogP contribution in [0.15, 0.2) is 54.6 Å². The molecule has 8 nitrogen and oxygen atoms in total. The van der Waals surface area contributed by atoms with Crippen LogP contribution in [0.4, 0.5) is 17.1 Å². The lowest BCUT2D eigenvalue weighted by Crippen LogP contribution is -2.99. The van der Waals surface area contributed by atoms with Crippen LogP contribution in [0.2, 0.25) is 0 Å². The van der Waals surface area contributed by atoms with Gasteiger partial charge in [-0.3, -0.25) is 9.59 Å². The third-order valence-corrected chi connectivity index (χ3v) is 6.37. The highest BCUT2D eigenvalue weighted by atomic mass is 35.5. The highest BCUT2D eigenvalue weighted by molar-refractivity contribution is 6.19. The van der Waals surface area contributed by atoms with Gasteiger partial charge in [0.25, 0.3) is 5.91 Å². The number of hydrogen-bond donors (Lipinski definition) is 4. The lowest BCUT2D eigenvalue weighted by molar-refractivity contribution is -0.990. The fourth-order valence-electron chi connectivity index (χ4n) is 4.61. The Balaban J connectivity index is 1.60. The van der Waals surface area contributed by atoms with E-state index in [0.29, 0.717) is 34.9 Å². The summed E-state index contributed by atoms with van der Waals surface area (Å²) in [5.74, 6) is -0.259. The molecule has 1 aromatic heterocycles. The number of nitrogens with zero attached hydrogens (tertiary/aromatic N) is 1. The number of anilines is 2. The minimum Gasteiger partial charge on any atom is -0.595 e. The van der Waals surface area contributed by atoms with Crippen molar-refractivity contribution in [2.75, 3.05) is 22.6 Å². The van der Waals surface area contributed by atoms with E-state index in [9.17, 15) is 20.0 Å². The van der Waals surface area contributed by atoms with Gasteiger partial charge in [-0.1, -0.05) is 18.2 Å². The molecule has 3 aromatic carbocycles. The van der Waals surface area contributed by atoms with Gasteiger partial charge in [-0.2, -0.15) is 5.23 Å². The third-order valence-electron chi connectivity index (χ3n) is 6.00. The zero-order valence-corrected chi connectivity index (χ0v) is 18.4. The van der Waals surface area contributed by atoms with Crippen molar-refractivity contribution in [1.29, 1.82) is 0 Å². The highest BCUT2D eigenvalue weighted by Crippen LogP contribution is 2.44. The molecule has 33 heavy (non-hydrogen) atoms. The van der Waals surface area contributed by atoms with Crippen LogP contribution in [-0.4, -0.2) is 34.4 Å². The van der Waals surface area contributed by atoms with E-state index in [0.717, 1.165) is 21.9 Å². The minimum absolute atomic E-state index is 0.117. The Morgan fingerprint density at radius 2 is 1.97 bits per heavy atom. The molecule has 0 bridgehead atoms. The second kappa shape index (κ2) is 8.17. The Morgan fingerprint density at radius 3 is 2.67 bits per heavy atom. The van der Waals surface area contributed by atoms with E-state index in [1.54, 1.807) is 47.4 Å². The van der Waals surface area contributed by atoms with Crippen LogP contribution in [0.3, 0.4) is 0 Å². The third kappa shape index (κ3) is 3.63. The Hall–Kier alpha value is -3.43. The van der Waals surface area contributed by atoms with Crippen molar-refractivity contribution in [3.63, 3.8) is 0 Å². The van der Waals surface area contributed by atoms with Gasteiger partial charge in [0.15, 0.2) is 5.69 Å². The van der Waals surface area contributed by atoms with Crippen molar-refractivity contribution in [2.24, 2.45) is 0 Å².